The van der Waals surface area contributed by atoms with Crippen LogP contribution in [0.5, 0.6) is 0 Å². The summed E-state index contributed by atoms with van der Waals surface area (Å²) in [6.45, 7) is 2.24. The van der Waals surface area contributed by atoms with Crippen molar-refractivity contribution < 1.29 is 22.8 Å². The van der Waals surface area contributed by atoms with Crippen LogP contribution in [0, 0.1) is 0 Å². The second-order valence-corrected chi connectivity index (χ2v) is 6.52. The first-order chi connectivity index (χ1) is 12.8. The summed E-state index contributed by atoms with van der Waals surface area (Å²) in [5.74, 6) is -0.390. The van der Waals surface area contributed by atoms with Crippen LogP contribution in [0.3, 0.4) is 0 Å². The first-order valence-corrected chi connectivity index (χ1v) is 8.64. The maximum atomic E-state index is 12.9. The molecule has 1 atom stereocenters. The largest absolute Gasteiger partial charge is 0.416 e. The Morgan fingerprint density at radius 3 is 2.56 bits per heavy atom. The number of nitrogens with zero attached hydrogens (tertiary/aromatic N) is 1. The van der Waals surface area contributed by atoms with E-state index in [0.717, 1.165) is 18.6 Å². The lowest BCUT2D eigenvalue weighted by Gasteiger charge is -2.18. The van der Waals surface area contributed by atoms with Crippen molar-refractivity contribution in [3.8, 4) is 0 Å². The number of hydrogen-bond acceptors (Lipinski definition) is 2. The average Bonchev–Trinajstić information content (AvgIpc) is 3.07. The molecule has 3 rings (SSSR count). The number of alkyl halides is 3. The standard InChI is InChI=1S/C20H19F3N2O2/c1-13(14-5-2-7-16(11-14)20(21,22)23)24-19(27)15-6-3-8-17(12-15)25-10-4-9-18(25)26/h2-3,5-8,11-13H,4,9-10H2,1H3,(H,24,27)/t13-/m0/s1. The first-order valence-electron chi connectivity index (χ1n) is 8.64. The van der Waals surface area contributed by atoms with Crippen molar-refractivity contribution >= 4 is 17.5 Å². The zero-order valence-electron chi connectivity index (χ0n) is 14.7. The number of carbonyl (C=O) groups excluding carboxylic acids is 2. The van der Waals surface area contributed by atoms with Crippen LogP contribution < -0.4 is 10.2 Å². The number of carbonyl (C=O) groups is 2. The van der Waals surface area contributed by atoms with Gasteiger partial charge in [-0.15, -0.1) is 0 Å². The molecule has 27 heavy (non-hydrogen) atoms. The Morgan fingerprint density at radius 1 is 1.15 bits per heavy atom. The highest BCUT2D eigenvalue weighted by Gasteiger charge is 2.31. The van der Waals surface area contributed by atoms with Gasteiger partial charge in [0.05, 0.1) is 11.6 Å². The molecule has 0 aliphatic carbocycles. The number of benzene rings is 2. The molecule has 7 heteroatoms. The SMILES string of the molecule is C[C@H](NC(=O)c1cccc(N2CCCC2=O)c1)c1cccc(C(F)(F)F)c1. The van der Waals surface area contributed by atoms with Gasteiger partial charge in [-0.25, -0.2) is 0 Å². The number of rotatable bonds is 4. The molecule has 1 N–H and O–H groups in total. The predicted molar refractivity (Wildman–Crippen MR) is 95.4 cm³/mol. The average molecular weight is 376 g/mol. The van der Waals surface area contributed by atoms with Crippen molar-refractivity contribution in [2.24, 2.45) is 0 Å². The van der Waals surface area contributed by atoms with E-state index in [0.29, 0.717) is 29.8 Å². The number of anilines is 1. The van der Waals surface area contributed by atoms with Gasteiger partial charge in [-0.1, -0.05) is 18.2 Å². The van der Waals surface area contributed by atoms with Gasteiger partial charge < -0.3 is 10.2 Å². The number of halogens is 3. The quantitative estimate of drug-likeness (QED) is 0.864. The van der Waals surface area contributed by atoms with E-state index in [1.807, 2.05) is 0 Å². The van der Waals surface area contributed by atoms with Crippen LogP contribution in [0.1, 0.15) is 47.3 Å². The Hall–Kier alpha value is -2.83. The molecular formula is C20H19F3N2O2. The van der Waals surface area contributed by atoms with Crippen LogP contribution in [0.25, 0.3) is 0 Å². The van der Waals surface area contributed by atoms with E-state index < -0.39 is 23.7 Å². The van der Waals surface area contributed by atoms with E-state index in [2.05, 4.69) is 5.32 Å². The van der Waals surface area contributed by atoms with Crippen LogP contribution in [-0.4, -0.2) is 18.4 Å². The van der Waals surface area contributed by atoms with Gasteiger partial charge >= 0.3 is 6.18 Å². The Labute approximate surface area is 155 Å². The minimum Gasteiger partial charge on any atom is -0.346 e. The molecule has 0 unspecified atom stereocenters. The fraction of sp³-hybridized carbons (Fsp3) is 0.300. The fourth-order valence-electron chi connectivity index (χ4n) is 3.08. The third kappa shape index (κ3) is 4.30. The molecule has 0 spiro atoms. The molecule has 1 aliphatic rings. The molecule has 142 valence electrons. The van der Waals surface area contributed by atoms with Crippen molar-refractivity contribution in [1.29, 1.82) is 0 Å². The summed E-state index contributed by atoms with van der Waals surface area (Å²) in [5, 5.41) is 2.71. The van der Waals surface area contributed by atoms with Gasteiger partial charge in [0.1, 0.15) is 0 Å². The van der Waals surface area contributed by atoms with E-state index in [-0.39, 0.29) is 5.91 Å². The van der Waals surface area contributed by atoms with Gasteiger partial charge in [-0.3, -0.25) is 9.59 Å². The Morgan fingerprint density at radius 2 is 1.89 bits per heavy atom. The fourth-order valence-corrected chi connectivity index (χ4v) is 3.08. The maximum Gasteiger partial charge on any atom is 0.416 e. The van der Waals surface area contributed by atoms with Crippen molar-refractivity contribution in [3.63, 3.8) is 0 Å². The molecule has 1 heterocycles. The lowest BCUT2D eigenvalue weighted by atomic mass is 10.0. The van der Waals surface area contributed by atoms with Crippen LogP contribution in [0.2, 0.25) is 0 Å². The molecule has 1 aliphatic heterocycles. The lowest BCUT2D eigenvalue weighted by molar-refractivity contribution is -0.137. The van der Waals surface area contributed by atoms with Crippen LogP contribution in [-0.2, 0) is 11.0 Å². The molecule has 0 radical (unpaired) electrons. The summed E-state index contributed by atoms with van der Waals surface area (Å²) in [5.41, 5.74) is 0.614. The van der Waals surface area contributed by atoms with Gasteiger partial charge in [-0.05, 0) is 49.2 Å². The molecule has 1 saturated heterocycles. The highest BCUT2D eigenvalue weighted by Crippen LogP contribution is 2.31. The minimum absolute atomic E-state index is 0.0184. The van der Waals surface area contributed by atoms with Crippen LogP contribution >= 0.6 is 0 Å². The maximum absolute atomic E-state index is 12.9. The summed E-state index contributed by atoms with van der Waals surface area (Å²) >= 11 is 0. The highest BCUT2D eigenvalue weighted by atomic mass is 19.4. The van der Waals surface area contributed by atoms with Gasteiger partial charge in [0, 0.05) is 24.2 Å². The molecule has 2 aromatic rings. The van der Waals surface area contributed by atoms with Gasteiger partial charge in [0.25, 0.3) is 5.91 Å². The lowest BCUT2D eigenvalue weighted by Crippen LogP contribution is -2.28. The van der Waals surface area contributed by atoms with Crippen LogP contribution in [0.15, 0.2) is 48.5 Å². The second-order valence-electron chi connectivity index (χ2n) is 6.52. The molecule has 2 aromatic carbocycles. The van der Waals surface area contributed by atoms with Gasteiger partial charge in [-0.2, -0.15) is 13.2 Å². The molecule has 2 amide bonds. The normalized spacial score (nSPS) is 15.7. The van der Waals surface area contributed by atoms with Crippen molar-refractivity contribution in [1.82, 2.24) is 5.32 Å². The van der Waals surface area contributed by atoms with Crippen molar-refractivity contribution in [2.45, 2.75) is 32.0 Å². The van der Waals surface area contributed by atoms with E-state index >= 15 is 0 Å². The molecule has 0 aromatic heterocycles. The predicted octanol–water partition coefficient (Wildman–Crippen LogP) is 4.32. The van der Waals surface area contributed by atoms with E-state index in [1.54, 1.807) is 42.2 Å². The smallest absolute Gasteiger partial charge is 0.346 e. The Bertz CT molecular complexity index is 864. The van der Waals surface area contributed by atoms with Crippen molar-refractivity contribution in [2.75, 3.05) is 11.4 Å². The second kappa shape index (κ2) is 7.42. The summed E-state index contributed by atoms with van der Waals surface area (Å²) < 4.78 is 38.6. The van der Waals surface area contributed by atoms with E-state index in [1.165, 1.54) is 6.07 Å². The van der Waals surface area contributed by atoms with E-state index in [9.17, 15) is 22.8 Å². The topological polar surface area (TPSA) is 49.4 Å². The first kappa shape index (κ1) is 18.9. The molecule has 1 fully saturated rings. The van der Waals surface area contributed by atoms with Crippen molar-refractivity contribution in [3.05, 3.63) is 65.2 Å². The summed E-state index contributed by atoms with van der Waals surface area (Å²) in [4.78, 5) is 26.0. The zero-order chi connectivity index (χ0) is 19.6. The Balaban J connectivity index is 1.75. The molecule has 0 saturated carbocycles. The monoisotopic (exact) mass is 376 g/mol. The Kier molecular flexibility index (Phi) is 5.21. The van der Waals surface area contributed by atoms with E-state index in [4.69, 9.17) is 0 Å². The van der Waals surface area contributed by atoms with Gasteiger partial charge in [0.2, 0.25) is 5.91 Å². The molecular weight excluding hydrogens is 357 g/mol. The number of nitrogens with one attached hydrogen (secondary N) is 1. The number of amides is 2. The summed E-state index contributed by atoms with van der Waals surface area (Å²) in [6.07, 6.45) is -3.17. The number of hydrogen-bond donors (Lipinski definition) is 1. The molecule has 0 bridgehead atoms. The molecule has 4 nitrogen and oxygen atoms in total. The third-order valence-electron chi connectivity index (χ3n) is 4.55. The summed E-state index contributed by atoms with van der Waals surface area (Å²) in [7, 11) is 0. The summed E-state index contributed by atoms with van der Waals surface area (Å²) in [6, 6.07) is 11.0. The minimum atomic E-state index is -4.43. The highest BCUT2D eigenvalue weighted by molar-refractivity contribution is 5.99. The zero-order valence-corrected chi connectivity index (χ0v) is 14.7. The third-order valence-corrected chi connectivity index (χ3v) is 4.55. The van der Waals surface area contributed by atoms with Gasteiger partial charge in [0.15, 0.2) is 0 Å². The van der Waals surface area contributed by atoms with Crippen LogP contribution in [0.4, 0.5) is 18.9 Å².